The van der Waals surface area contributed by atoms with Crippen molar-refractivity contribution < 1.29 is 9.47 Å². The molecule has 0 amide bonds. The molecule has 0 aliphatic carbocycles. The molecular formula is C11H17NO2. The average Bonchev–Trinajstić information content (AvgIpc) is 2.26. The summed E-state index contributed by atoms with van der Waals surface area (Å²) in [6.07, 6.45) is -0.00842. The van der Waals surface area contributed by atoms with Crippen molar-refractivity contribution in [1.29, 1.82) is 0 Å². The molecule has 3 nitrogen and oxygen atoms in total. The van der Waals surface area contributed by atoms with Gasteiger partial charge in [-0.15, -0.1) is 0 Å². The van der Waals surface area contributed by atoms with Gasteiger partial charge in [0.25, 0.3) is 0 Å². The second-order valence-corrected chi connectivity index (χ2v) is 2.95. The number of ether oxygens (including phenoxy) is 2. The number of nitrogens with two attached hydrogens (primary N) is 1. The normalized spacial score (nSPS) is 12.5. The second-order valence-electron chi connectivity index (χ2n) is 2.95. The quantitative estimate of drug-likeness (QED) is 0.778. The Morgan fingerprint density at radius 2 is 1.93 bits per heavy atom. The maximum atomic E-state index is 5.61. The summed E-state index contributed by atoms with van der Waals surface area (Å²) in [6.45, 7) is 3.14. The largest absolute Gasteiger partial charge is 0.497 e. The van der Waals surface area contributed by atoms with E-state index in [-0.39, 0.29) is 6.10 Å². The highest BCUT2D eigenvalue weighted by molar-refractivity contribution is 5.28. The number of hydrogen-bond acceptors (Lipinski definition) is 3. The fourth-order valence-electron chi connectivity index (χ4n) is 1.32. The van der Waals surface area contributed by atoms with Gasteiger partial charge in [0.15, 0.2) is 0 Å². The van der Waals surface area contributed by atoms with E-state index >= 15 is 0 Å². The zero-order chi connectivity index (χ0) is 10.4. The Morgan fingerprint density at radius 1 is 1.29 bits per heavy atom. The monoisotopic (exact) mass is 195 g/mol. The summed E-state index contributed by atoms with van der Waals surface area (Å²) in [6, 6.07) is 7.78. The fourth-order valence-corrected chi connectivity index (χ4v) is 1.32. The molecule has 0 aliphatic rings. The Kier molecular flexibility index (Phi) is 4.43. The molecule has 78 valence electrons. The first kappa shape index (κ1) is 11.0. The van der Waals surface area contributed by atoms with E-state index in [4.69, 9.17) is 15.2 Å². The Bertz CT molecular complexity index is 258. The van der Waals surface area contributed by atoms with Crippen LogP contribution in [-0.4, -0.2) is 20.3 Å². The standard InChI is InChI=1S/C11H17NO2/c1-3-14-11(8-12)9-4-6-10(13-2)7-5-9/h4-7,11H,3,8,12H2,1-2H3/t11-/m0/s1. The van der Waals surface area contributed by atoms with Gasteiger partial charge >= 0.3 is 0 Å². The predicted octanol–water partition coefficient (Wildman–Crippen LogP) is 1.73. The van der Waals surface area contributed by atoms with Gasteiger partial charge < -0.3 is 15.2 Å². The molecule has 1 rings (SSSR count). The maximum Gasteiger partial charge on any atom is 0.118 e. The minimum absolute atomic E-state index is 0.00842. The number of rotatable bonds is 5. The maximum absolute atomic E-state index is 5.61. The summed E-state index contributed by atoms with van der Waals surface area (Å²) in [5.74, 6) is 0.848. The van der Waals surface area contributed by atoms with Gasteiger partial charge in [-0.2, -0.15) is 0 Å². The fraction of sp³-hybridized carbons (Fsp3) is 0.455. The van der Waals surface area contributed by atoms with Gasteiger partial charge in [-0.05, 0) is 24.6 Å². The van der Waals surface area contributed by atoms with Gasteiger partial charge in [0, 0.05) is 13.2 Å². The predicted molar refractivity (Wildman–Crippen MR) is 56.4 cm³/mol. The van der Waals surface area contributed by atoms with Gasteiger partial charge in [0.1, 0.15) is 5.75 Å². The lowest BCUT2D eigenvalue weighted by Crippen LogP contribution is -2.15. The van der Waals surface area contributed by atoms with Crippen molar-refractivity contribution in [1.82, 2.24) is 0 Å². The van der Waals surface area contributed by atoms with Crippen molar-refractivity contribution in [3.05, 3.63) is 29.8 Å². The first-order chi connectivity index (χ1) is 6.81. The van der Waals surface area contributed by atoms with E-state index in [0.29, 0.717) is 13.2 Å². The number of benzene rings is 1. The van der Waals surface area contributed by atoms with Crippen LogP contribution in [0, 0.1) is 0 Å². The van der Waals surface area contributed by atoms with Crippen LogP contribution in [0.3, 0.4) is 0 Å². The van der Waals surface area contributed by atoms with Crippen molar-refractivity contribution in [2.75, 3.05) is 20.3 Å². The topological polar surface area (TPSA) is 44.5 Å². The molecule has 14 heavy (non-hydrogen) atoms. The van der Waals surface area contributed by atoms with Crippen LogP contribution in [0.25, 0.3) is 0 Å². The van der Waals surface area contributed by atoms with E-state index < -0.39 is 0 Å². The lowest BCUT2D eigenvalue weighted by molar-refractivity contribution is 0.0688. The molecule has 0 heterocycles. The van der Waals surface area contributed by atoms with Crippen molar-refractivity contribution in [3.63, 3.8) is 0 Å². The number of hydrogen-bond donors (Lipinski definition) is 1. The third-order valence-electron chi connectivity index (χ3n) is 2.07. The zero-order valence-electron chi connectivity index (χ0n) is 8.69. The zero-order valence-corrected chi connectivity index (χ0v) is 8.69. The lowest BCUT2D eigenvalue weighted by atomic mass is 10.1. The third kappa shape index (κ3) is 2.72. The van der Waals surface area contributed by atoms with Crippen LogP contribution >= 0.6 is 0 Å². The van der Waals surface area contributed by atoms with Crippen molar-refractivity contribution in [2.45, 2.75) is 13.0 Å². The molecule has 1 aromatic rings. The SMILES string of the molecule is CCO[C@@H](CN)c1ccc(OC)cc1. The Balaban J connectivity index is 2.73. The highest BCUT2D eigenvalue weighted by Gasteiger charge is 2.08. The van der Waals surface area contributed by atoms with Gasteiger partial charge in [-0.1, -0.05) is 12.1 Å². The smallest absolute Gasteiger partial charge is 0.118 e. The minimum Gasteiger partial charge on any atom is -0.497 e. The molecule has 0 aliphatic heterocycles. The highest BCUT2D eigenvalue weighted by atomic mass is 16.5. The van der Waals surface area contributed by atoms with E-state index in [1.807, 2.05) is 31.2 Å². The van der Waals surface area contributed by atoms with Crippen LogP contribution in [0.2, 0.25) is 0 Å². The van der Waals surface area contributed by atoms with E-state index in [0.717, 1.165) is 11.3 Å². The summed E-state index contributed by atoms with van der Waals surface area (Å²) in [5.41, 5.74) is 6.70. The van der Waals surface area contributed by atoms with Crippen LogP contribution in [-0.2, 0) is 4.74 Å². The number of methoxy groups -OCH3 is 1. The molecule has 0 unspecified atom stereocenters. The molecule has 0 spiro atoms. The molecule has 0 radical (unpaired) electrons. The molecule has 3 heteroatoms. The molecule has 2 N–H and O–H groups in total. The first-order valence-corrected chi connectivity index (χ1v) is 4.77. The highest BCUT2D eigenvalue weighted by Crippen LogP contribution is 2.19. The molecule has 0 bridgehead atoms. The molecule has 1 aromatic carbocycles. The molecule has 1 atom stereocenters. The van der Waals surface area contributed by atoms with Crippen LogP contribution < -0.4 is 10.5 Å². The minimum atomic E-state index is -0.00842. The van der Waals surface area contributed by atoms with E-state index in [1.54, 1.807) is 7.11 Å². The lowest BCUT2D eigenvalue weighted by Gasteiger charge is -2.15. The summed E-state index contributed by atoms with van der Waals surface area (Å²) in [5, 5.41) is 0. The van der Waals surface area contributed by atoms with E-state index in [1.165, 1.54) is 0 Å². The van der Waals surface area contributed by atoms with E-state index in [2.05, 4.69) is 0 Å². The summed E-state index contributed by atoms with van der Waals surface area (Å²) < 4.78 is 10.6. The Labute approximate surface area is 84.8 Å². The molecule has 0 fully saturated rings. The molecule has 0 aromatic heterocycles. The summed E-state index contributed by atoms with van der Waals surface area (Å²) in [7, 11) is 1.65. The molecule has 0 saturated heterocycles. The van der Waals surface area contributed by atoms with Gasteiger partial charge in [0.2, 0.25) is 0 Å². The Morgan fingerprint density at radius 3 is 2.36 bits per heavy atom. The van der Waals surface area contributed by atoms with Gasteiger partial charge in [0.05, 0.1) is 13.2 Å². The molecular weight excluding hydrogens is 178 g/mol. The van der Waals surface area contributed by atoms with Crippen molar-refractivity contribution in [3.8, 4) is 5.75 Å². The Hall–Kier alpha value is -1.06. The van der Waals surface area contributed by atoms with Crippen molar-refractivity contribution >= 4 is 0 Å². The second kappa shape index (κ2) is 5.62. The van der Waals surface area contributed by atoms with Crippen LogP contribution in [0.4, 0.5) is 0 Å². The molecule has 0 saturated carbocycles. The first-order valence-electron chi connectivity index (χ1n) is 4.77. The average molecular weight is 195 g/mol. The third-order valence-corrected chi connectivity index (χ3v) is 2.07. The van der Waals surface area contributed by atoms with Crippen LogP contribution in [0.1, 0.15) is 18.6 Å². The van der Waals surface area contributed by atoms with Crippen LogP contribution in [0.15, 0.2) is 24.3 Å². The summed E-state index contributed by atoms with van der Waals surface area (Å²) >= 11 is 0. The van der Waals surface area contributed by atoms with E-state index in [9.17, 15) is 0 Å². The van der Waals surface area contributed by atoms with Crippen LogP contribution in [0.5, 0.6) is 5.75 Å². The summed E-state index contributed by atoms with van der Waals surface area (Å²) in [4.78, 5) is 0. The van der Waals surface area contributed by atoms with Gasteiger partial charge in [-0.3, -0.25) is 0 Å². The van der Waals surface area contributed by atoms with Gasteiger partial charge in [-0.25, -0.2) is 0 Å². The van der Waals surface area contributed by atoms with Crippen molar-refractivity contribution in [2.24, 2.45) is 5.73 Å².